The number of ether oxygens (including phenoxy) is 1. The maximum Gasteiger partial charge on any atom is 0.182 e. The third-order valence-corrected chi connectivity index (χ3v) is 7.20. The minimum atomic E-state index is -0.486. The van der Waals surface area contributed by atoms with Crippen LogP contribution in [0.4, 0.5) is 0 Å². The van der Waals surface area contributed by atoms with E-state index in [2.05, 4.69) is 89.1 Å². The van der Waals surface area contributed by atoms with Crippen LogP contribution >= 0.6 is 0 Å². The minimum Gasteiger partial charge on any atom is -0.457 e. The largest absolute Gasteiger partial charge is 0.457 e. The highest BCUT2D eigenvalue weighted by molar-refractivity contribution is 5.89. The number of fused-ring (bicyclic) bond motifs is 9. The van der Waals surface area contributed by atoms with Gasteiger partial charge in [0, 0.05) is 16.7 Å². The number of rotatable bonds is 1. The number of para-hydroxylation sites is 2. The van der Waals surface area contributed by atoms with Gasteiger partial charge in [0.1, 0.15) is 11.5 Å². The molecule has 4 nitrogen and oxygen atoms in total. The number of benzene rings is 4. The van der Waals surface area contributed by atoms with Crippen molar-refractivity contribution < 1.29 is 4.74 Å². The van der Waals surface area contributed by atoms with E-state index in [0.717, 1.165) is 39.6 Å². The van der Waals surface area contributed by atoms with Gasteiger partial charge in [-0.25, -0.2) is 4.98 Å². The molecule has 4 heteroatoms. The fourth-order valence-corrected chi connectivity index (χ4v) is 5.57. The van der Waals surface area contributed by atoms with Crippen LogP contribution < -0.4 is 4.74 Å². The van der Waals surface area contributed by atoms with Gasteiger partial charge < -0.3 is 4.74 Å². The molecule has 0 atom stereocenters. The van der Waals surface area contributed by atoms with E-state index in [1.54, 1.807) is 0 Å². The molecule has 0 N–H and O–H groups in total. The Bertz CT molecular complexity index is 1580. The van der Waals surface area contributed by atoms with Crippen LogP contribution in [-0.4, -0.2) is 15.2 Å². The van der Waals surface area contributed by atoms with E-state index in [9.17, 15) is 0 Å². The molecule has 0 bridgehead atoms. The number of aromatic nitrogens is 3. The van der Waals surface area contributed by atoms with Crippen LogP contribution in [-0.2, 0) is 5.41 Å². The highest BCUT2D eigenvalue weighted by atomic mass is 16.5. The lowest BCUT2D eigenvalue weighted by atomic mass is 9.66. The van der Waals surface area contributed by atoms with Gasteiger partial charge in [-0.3, -0.25) is 0 Å². The molecular formula is C30H21N3O. The van der Waals surface area contributed by atoms with Gasteiger partial charge in [0.2, 0.25) is 0 Å². The zero-order chi connectivity index (χ0) is 22.9. The summed E-state index contributed by atoms with van der Waals surface area (Å²) in [6, 6.07) is 32.1. The zero-order valence-corrected chi connectivity index (χ0v) is 18.9. The van der Waals surface area contributed by atoms with E-state index in [4.69, 9.17) is 9.72 Å². The van der Waals surface area contributed by atoms with Gasteiger partial charge in [0.05, 0.1) is 16.8 Å². The van der Waals surface area contributed by atoms with Crippen LogP contribution in [0.15, 0.2) is 91.0 Å². The number of nitrogens with zero attached hydrogens (tertiary/aromatic N) is 3. The van der Waals surface area contributed by atoms with Crippen molar-refractivity contribution in [2.75, 3.05) is 0 Å². The Morgan fingerprint density at radius 2 is 1.21 bits per heavy atom. The Morgan fingerprint density at radius 1 is 0.588 bits per heavy atom. The van der Waals surface area contributed by atoms with Crippen molar-refractivity contribution in [1.82, 2.24) is 15.2 Å². The highest BCUT2D eigenvalue weighted by Gasteiger charge is 2.51. The van der Waals surface area contributed by atoms with Crippen molar-refractivity contribution in [2.45, 2.75) is 19.3 Å². The minimum absolute atomic E-state index is 0.486. The highest BCUT2D eigenvalue weighted by Crippen LogP contribution is 2.62. The molecule has 0 saturated carbocycles. The molecule has 5 aromatic rings. The zero-order valence-electron chi connectivity index (χ0n) is 18.9. The van der Waals surface area contributed by atoms with Gasteiger partial charge in [-0.05, 0) is 54.3 Å². The van der Waals surface area contributed by atoms with Gasteiger partial charge in [0.25, 0.3) is 0 Å². The van der Waals surface area contributed by atoms with Crippen LogP contribution in [0.2, 0.25) is 0 Å². The first kappa shape index (κ1) is 19.2. The molecule has 34 heavy (non-hydrogen) atoms. The van der Waals surface area contributed by atoms with E-state index < -0.39 is 5.41 Å². The van der Waals surface area contributed by atoms with Crippen LogP contribution in [0.1, 0.15) is 33.6 Å². The lowest BCUT2D eigenvalue weighted by Crippen LogP contribution is -2.32. The Morgan fingerprint density at radius 3 is 1.91 bits per heavy atom. The summed E-state index contributed by atoms with van der Waals surface area (Å²) < 4.78 is 6.40. The summed E-state index contributed by atoms with van der Waals surface area (Å²) in [6.07, 6.45) is 0. The van der Waals surface area contributed by atoms with Gasteiger partial charge in [-0.2, -0.15) is 5.10 Å². The molecular weight excluding hydrogens is 418 g/mol. The summed E-state index contributed by atoms with van der Waals surface area (Å²) >= 11 is 0. The maximum atomic E-state index is 6.40. The van der Waals surface area contributed by atoms with Crippen molar-refractivity contribution in [3.8, 4) is 34.0 Å². The van der Waals surface area contributed by atoms with Crippen molar-refractivity contribution in [3.05, 3.63) is 125 Å². The Labute approximate surface area is 197 Å². The molecule has 7 rings (SSSR count). The number of hydrogen-bond donors (Lipinski definition) is 0. The smallest absolute Gasteiger partial charge is 0.182 e. The summed E-state index contributed by atoms with van der Waals surface area (Å²) in [5.41, 5.74) is 9.47. The van der Waals surface area contributed by atoms with Gasteiger partial charge in [-0.15, -0.1) is 5.10 Å². The quantitative estimate of drug-likeness (QED) is 0.288. The summed E-state index contributed by atoms with van der Waals surface area (Å²) in [5, 5.41) is 8.75. The summed E-state index contributed by atoms with van der Waals surface area (Å²) in [5.74, 6) is 2.42. The van der Waals surface area contributed by atoms with Gasteiger partial charge in [-0.1, -0.05) is 72.8 Å². The second-order valence-corrected chi connectivity index (χ2v) is 8.96. The molecule has 162 valence electrons. The van der Waals surface area contributed by atoms with E-state index in [-0.39, 0.29) is 0 Å². The van der Waals surface area contributed by atoms with Crippen molar-refractivity contribution >= 4 is 0 Å². The summed E-state index contributed by atoms with van der Waals surface area (Å²) in [4.78, 5) is 4.74. The Balaban J connectivity index is 1.61. The number of aryl methyl sites for hydroxylation is 2. The number of hydrogen-bond acceptors (Lipinski definition) is 4. The molecule has 0 radical (unpaired) electrons. The topological polar surface area (TPSA) is 47.9 Å². The monoisotopic (exact) mass is 439 g/mol. The lowest BCUT2D eigenvalue weighted by Gasteiger charge is -2.39. The van der Waals surface area contributed by atoms with Crippen LogP contribution in [0.3, 0.4) is 0 Å². The molecule has 2 heterocycles. The third kappa shape index (κ3) is 2.40. The Hall–Kier alpha value is -4.31. The fourth-order valence-electron chi connectivity index (χ4n) is 5.57. The molecule has 0 saturated heterocycles. The fraction of sp³-hybridized carbons (Fsp3) is 0.100. The molecule has 1 aliphatic heterocycles. The van der Waals surface area contributed by atoms with E-state index in [1.165, 1.54) is 22.3 Å². The molecule has 0 fully saturated rings. The summed E-state index contributed by atoms with van der Waals surface area (Å²) in [6.45, 7) is 3.91. The van der Waals surface area contributed by atoms with Crippen LogP contribution in [0, 0.1) is 13.8 Å². The maximum absolute atomic E-state index is 6.40. The molecule has 4 aromatic carbocycles. The predicted octanol–water partition coefficient (Wildman–Crippen LogP) is 6.62. The first-order valence-electron chi connectivity index (χ1n) is 11.5. The molecule has 2 aliphatic rings. The lowest BCUT2D eigenvalue weighted by molar-refractivity contribution is 0.436. The van der Waals surface area contributed by atoms with Gasteiger partial charge >= 0.3 is 0 Å². The Kier molecular flexibility index (Phi) is 3.86. The molecule has 1 aromatic heterocycles. The van der Waals surface area contributed by atoms with E-state index >= 15 is 0 Å². The molecule has 0 amide bonds. The molecule has 0 unspecified atom stereocenters. The average molecular weight is 440 g/mol. The van der Waals surface area contributed by atoms with Crippen molar-refractivity contribution in [1.29, 1.82) is 0 Å². The molecule has 1 spiro atoms. The van der Waals surface area contributed by atoms with E-state index in [1.807, 2.05) is 26.0 Å². The summed E-state index contributed by atoms with van der Waals surface area (Å²) in [7, 11) is 0. The van der Waals surface area contributed by atoms with E-state index in [0.29, 0.717) is 5.82 Å². The third-order valence-electron chi connectivity index (χ3n) is 7.20. The molecule has 1 aliphatic carbocycles. The predicted molar refractivity (Wildman–Crippen MR) is 132 cm³/mol. The van der Waals surface area contributed by atoms with Gasteiger partial charge in [0.15, 0.2) is 5.82 Å². The average Bonchev–Trinajstić information content (AvgIpc) is 3.16. The standard InChI is InChI=1S/C30H21N3O/c1-18-19(2)32-33-29(31-18)20-15-16-22-21-9-3-4-10-23(21)30(26(22)17-20)24-11-5-7-13-27(24)34-28-14-8-6-12-25(28)30/h3-17H,1-2H3. The van der Waals surface area contributed by atoms with Crippen LogP contribution in [0.5, 0.6) is 11.5 Å². The first-order chi connectivity index (χ1) is 16.7. The van der Waals surface area contributed by atoms with Crippen LogP contribution in [0.25, 0.3) is 22.5 Å². The second-order valence-electron chi connectivity index (χ2n) is 8.96. The normalized spacial score (nSPS) is 14.1. The van der Waals surface area contributed by atoms with Crippen molar-refractivity contribution in [2.24, 2.45) is 0 Å². The SMILES string of the molecule is Cc1nnc(-c2ccc3c(c2)C2(c4ccccc4Oc4ccccc42)c2ccccc2-3)nc1C. The van der Waals surface area contributed by atoms with Crippen molar-refractivity contribution in [3.63, 3.8) is 0 Å². The first-order valence-corrected chi connectivity index (χ1v) is 11.5. The second kappa shape index (κ2) is 6.84.